The molecular weight excluding hydrogens is 362 g/mol. The summed E-state index contributed by atoms with van der Waals surface area (Å²) in [5, 5.41) is 32.5. The Kier molecular flexibility index (Phi) is 4.99. The van der Waals surface area contributed by atoms with Gasteiger partial charge in [-0.3, -0.25) is 20.2 Å². The van der Waals surface area contributed by atoms with Crippen LogP contribution in [0.15, 0.2) is 58.8 Å². The molecule has 0 bridgehead atoms. The van der Waals surface area contributed by atoms with Crippen molar-refractivity contribution in [1.29, 1.82) is 0 Å². The summed E-state index contributed by atoms with van der Waals surface area (Å²) in [5.41, 5.74) is 1.11. The molecule has 142 valence electrons. The second-order valence-corrected chi connectivity index (χ2v) is 6.37. The number of nitrogens with zero attached hydrogens (tertiary/aromatic N) is 5. The fraction of sp³-hybridized carbons (Fsp3) is 0.158. The summed E-state index contributed by atoms with van der Waals surface area (Å²) < 4.78 is 0. The monoisotopic (exact) mass is 379 g/mol. The number of fused-ring (bicyclic) bond motifs is 1. The van der Waals surface area contributed by atoms with Crippen molar-refractivity contribution in [2.24, 2.45) is 10.2 Å². The lowest BCUT2D eigenvalue weighted by Gasteiger charge is -2.16. The molecule has 3 aromatic rings. The third-order valence-corrected chi connectivity index (χ3v) is 4.37. The third kappa shape index (κ3) is 3.50. The second kappa shape index (κ2) is 7.39. The number of hydrogen-bond donors (Lipinski definition) is 0. The molecule has 9 heteroatoms. The highest BCUT2D eigenvalue weighted by atomic mass is 16.6. The Bertz CT molecular complexity index is 1120. The highest BCUT2D eigenvalue weighted by molar-refractivity contribution is 6.01. The normalized spacial score (nSPS) is 11.1. The van der Waals surface area contributed by atoms with Crippen LogP contribution in [0, 0.1) is 27.2 Å². The van der Waals surface area contributed by atoms with Crippen molar-refractivity contribution in [2.75, 3.05) is 19.0 Å². The van der Waals surface area contributed by atoms with Crippen molar-refractivity contribution in [3.8, 4) is 0 Å². The van der Waals surface area contributed by atoms with Crippen LogP contribution in [0.5, 0.6) is 0 Å². The number of rotatable bonds is 5. The smallest absolute Gasteiger partial charge is 0.281 e. The average molecular weight is 379 g/mol. The van der Waals surface area contributed by atoms with Gasteiger partial charge in [-0.25, -0.2) is 0 Å². The molecule has 3 aromatic carbocycles. The minimum atomic E-state index is -0.688. The molecule has 0 aliphatic heterocycles. The van der Waals surface area contributed by atoms with E-state index < -0.39 is 15.5 Å². The maximum Gasteiger partial charge on any atom is 0.281 e. The van der Waals surface area contributed by atoms with Gasteiger partial charge in [-0.15, -0.1) is 10.2 Å². The highest BCUT2D eigenvalue weighted by Crippen LogP contribution is 2.37. The van der Waals surface area contributed by atoms with Gasteiger partial charge >= 0.3 is 0 Å². The zero-order chi connectivity index (χ0) is 20.4. The molecule has 9 nitrogen and oxygen atoms in total. The number of azo groups is 1. The van der Waals surface area contributed by atoms with E-state index in [1.54, 1.807) is 6.07 Å². The fourth-order valence-corrected chi connectivity index (χ4v) is 2.92. The molecule has 28 heavy (non-hydrogen) atoms. The van der Waals surface area contributed by atoms with E-state index in [4.69, 9.17) is 0 Å². The van der Waals surface area contributed by atoms with Gasteiger partial charge in [-0.1, -0.05) is 24.3 Å². The summed E-state index contributed by atoms with van der Waals surface area (Å²) in [5.74, 6) is 0. The maximum absolute atomic E-state index is 11.2. The van der Waals surface area contributed by atoms with Gasteiger partial charge in [0.2, 0.25) is 0 Å². The molecule has 0 aliphatic rings. The minimum Gasteiger partial charge on any atom is -0.377 e. The lowest BCUT2D eigenvalue weighted by atomic mass is 10.1. The van der Waals surface area contributed by atoms with Gasteiger partial charge in [-0.2, -0.15) is 0 Å². The van der Waals surface area contributed by atoms with Gasteiger partial charge in [0, 0.05) is 36.6 Å². The first-order valence-corrected chi connectivity index (χ1v) is 8.34. The molecule has 0 radical (unpaired) electrons. The Labute approximate surface area is 160 Å². The largest absolute Gasteiger partial charge is 0.377 e. The van der Waals surface area contributed by atoms with Crippen LogP contribution in [0.1, 0.15) is 5.56 Å². The Balaban J connectivity index is 2.14. The van der Waals surface area contributed by atoms with Crippen molar-refractivity contribution in [3.05, 3.63) is 74.3 Å². The van der Waals surface area contributed by atoms with Crippen LogP contribution in [0.25, 0.3) is 10.8 Å². The van der Waals surface area contributed by atoms with Gasteiger partial charge < -0.3 is 4.90 Å². The molecule has 0 aliphatic carbocycles. The number of nitro benzene ring substituents is 2. The molecule has 3 rings (SSSR count). The summed E-state index contributed by atoms with van der Waals surface area (Å²) in [7, 11) is 3.88. The van der Waals surface area contributed by atoms with E-state index >= 15 is 0 Å². The topological polar surface area (TPSA) is 114 Å². The molecule has 0 amide bonds. The Morgan fingerprint density at radius 1 is 0.857 bits per heavy atom. The molecule has 0 N–H and O–H groups in total. The van der Waals surface area contributed by atoms with Crippen molar-refractivity contribution in [2.45, 2.75) is 6.92 Å². The van der Waals surface area contributed by atoms with E-state index in [0.29, 0.717) is 5.69 Å². The first-order valence-electron chi connectivity index (χ1n) is 8.34. The van der Waals surface area contributed by atoms with E-state index in [1.807, 2.05) is 49.3 Å². The van der Waals surface area contributed by atoms with Crippen LogP contribution >= 0.6 is 0 Å². The van der Waals surface area contributed by atoms with Gasteiger partial charge in [0.1, 0.15) is 5.69 Å². The van der Waals surface area contributed by atoms with Crippen molar-refractivity contribution in [1.82, 2.24) is 0 Å². The molecule has 0 aromatic heterocycles. The highest BCUT2D eigenvalue weighted by Gasteiger charge is 2.21. The zero-order valence-electron chi connectivity index (χ0n) is 15.5. The number of anilines is 1. The maximum atomic E-state index is 11.2. The molecule has 0 fully saturated rings. The first kappa shape index (κ1) is 18.9. The van der Waals surface area contributed by atoms with E-state index in [-0.39, 0.29) is 16.9 Å². The molecule has 0 unspecified atom stereocenters. The van der Waals surface area contributed by atoms with E-state index in [0.717, 1.165) is 22.5 Å². The summed E-state index contributed by atoms with van der Waals surface area (Å²) in [4.78, 5) is 22.9. The van der Waals surface area contributed by atoms with Crippen LogP contribution < -0.4 is 4.90 Å². The van der Waals surface area contributed by atoms with Gasteiger partial charge in [0.15, 0.2) is 0 Å². The Morgan fingerprint density at radius 2 is 1.50 bits per heavy atom. The SMILES string of the molecule is Cc1c(/N=N/c2ccc(N(C)C)c3ccccc23)cc([N+](=O)[O-])cc1[N+](=O)[O-]. The van der Waals surface area contributed by atoms with Gasteiger partial charge in [0.05, 0.1) is 27.2 Å². The number of benzene rings is 3. The second-order valence-electron chi connectivity index (χ2n) is 6.37. The minimum absolute atomic E-state index is 0.0849. The van der Waals surface area contributed by atoms with E-state index in [2.05, 4.69) is 10.2 Å². The first-order chi connectivity index (χ1) is 13.3. The lowest BCUT2D eigenvalue weighted by Crippen LogP contribution is -2.08. The lowest BCUT2D eigenvalue weighted by molar-refractivity contribution is -0.394. The average Bonchev–Trinajstić information content (AvgIpc) is 2.66. The fourth-order valence-electron chi connectivity index (χ4n) is 2.92. The van der Waals surface area contributed by atoms with E-state index in [9.17, 15) is 20.2 Å². The predicted octanol–water partition coefficient (Wildman–Crippen LogP) is 5.45. The zero-order valence-corrected chi connectivity index (χ0v) is 15.5. The standard InChI is InChI=1S/C19H17N5O4/c1-12-17(10-13(23(25)26)11-19(12)24(27)28)21-20-16-8-9-18(22(2)3)15-7-5-4-6-14(15)16/h4-11H,1-3H3/b21-20+. The van der Waals surface area contributed by atoms with Crippen molar-refractivity contribution in [3.63, 3.8) is 0 Å². The summed E-state index contributed by atoms with van der Waals surface area (Å²) >= 11 is 0. The Morgan fingerprint density at radius 3 is 2.11 bits per heavy atom. The Hall–Kier alpha value is -3.88. The third-order valence-electron chi connectivity index (χ3n) is 4.37. The molecular formula is C19H17N5O4. The summed E-state index contributed by atoms with van der Waals surface area (Å²) in [6, 6.07) is 13.5. The molecule has 0 spiro atoms. The van der Waals surface area contributed by atoms with Crippen molar-refractivity contribution >= 4 is 39.2 Å². The number of nitro groups is 2. The van der Waals surface area contributed by atoms with Crippen LogP contribution in [-0.4, -0.2) is 23.9 Å². The van der Waals surface area contributed by atoms with Crippen LogP contribution in [0.4, 0.5) is 28.4 Å². The number of hydrogen-bond acceptors (Lipinski definition) is 7. The van der Waals surface area contributed by atoms with Gasteiger partial charge in [-0.05, 0) is 19.1 Å². The quantitative estimate of drug-likeness (QED) is 0.332. The molecule has 0 saturated heterocycles. The van der Waals surface area contributed by atoms with Crippen LogP contribution in [0.2, 0.25) is 0 Å². The molecule has 0 heterocycles. The number of non-ortho nitro benzene ring substituents is 1. The van der Waals surface area contributed by atoms with Crippen molar-refractivity contribution < 1.29 is 9.85 Å². The van der Waals surface area contributed by atoms with E-state index in [1.165, 1.54) is 13.0 Å². The molecule has 0 saturated carbocycles. The molecule has 0 atom stereocenters. The summed E-state index contributed by atoms with van der Waals surface area (Å²) in [6.45, 7) is 1.49. The van der Waals surface area contributed by atoms with Gasteiger partial charge in [0.25, 0.3) is 11.4 Å². The predicted molar refractivity (Wildman–Crippen MR) is 107 cm³/mol. The van der Waals surface area contributed by atoms with Crippen LogP contribution in [0.3, 0.4) is 0 Å². The summed E-state index contributed by atoms with van der Waals surface area (Å²) in [6.07, 6.45) is 0. The van der Waals surface area contributed by atoms with Crippen LogP contribution in [-0.2, 0) is 0 Å².